The van der Waals surface area contributed by atoms with Gasteiger partial charge < -0.3 is 0 Å². The molecule has 0 spiro atoms. The molecule has 2 saturated carbocycles. The molecule has 0 heterocycles. The lowest BCUT2D eigenvalue weighted by Gasteiger charge is -2.38. The smallest absolute Gasteiger partial charge is 0.0406 e. The molecule has 0 bridgehead atoms. The summed E-state index contributed by atoms with van der Waals surface area (Å²) in [5.74, 6) is 4.77. The molecular formula is C24H37Cl. The standard InChI is InChI=1S/C24H37Cl/c1-3-4-19-5-9-22(10-6-19)23-11-7-20(8-12-23)17-18(2)21-13-15-24(25)16-14-21/h13-16,18-20,22-23H,3-12,17H2,1-2H3/t18-,19?,20?,22?,23?/m1/s1. The highest BCUT2D eigenvalue weighted by atomic mass is 35.5. The maximum Gasteiger partial charge on any atom is 0.0406 e. The summed E-state index contributed by atoms with van der Waals surface area (Å²) in [6.07, 6.45) is 16.3. The molecule has 0 saturated heterocycles. The van der Waals surface area contributed by atoms with Crippen molar-refractivity contribution in [2.75, 3.05) is 0 Å². The van der Waals surface area contributed by atoms with E-state index in [1.54, 1.807) is 0 Å². The first-order valence-electron chi connectivity index (χ1n) is 10.9. The zero-order valence-corrected chi connectivity index (χ0v) is 17.1. The van der Waals surface area contributed by atoms with Crippen LogP contribution < -0.4 is 0 Å². The molecule has 2 aliphatic rings. The maximum absolute atomic E-state index is 6.02. The van der Waals surface area contributed by atoms with Gasteiger partial charge in [-0.15, -0.1) is 0 Å². The van der Waals surface area contributed by atoms with Crippen molar-refractivity contribution in [3.8, 4) is 0 Å². The third-order valence-corrected chi connectivity index (χ3v) is 7.52. The van der Waals surface area contributed by atoms with Crippen LogP contribution in [0.25, 0.3) is 0 Å². The number of hydrogen-bond donors (Lipinski definition) is 0. The molecule has 1 heteroatoms. The average Bonchev–Trinajstić information content (AvgIpc) is 2.64. The molecule has 0 aromatic heterocycles. The first kappa shape index (κ1) is 19.3. The Balaban J connectivity index is 1.41. The largest absolute Gasteiger partial charge is 0.0843 e. The Morgan fingerprint density at radius 1 is 0.840 bits per heavy atom. The van der Waals surface area contributed by atoms with Gasteiger partial charge in [0.05, 0.1) is 0 Å². The molecule has 0 unspecified atom stereocenters. The van der Waals surface area contributed by atoms with E-state index < -0.39 is 0 Å². The van der Waals surface area contributed by atoms with Crippen molar-refractivity contribution in [2.24, 2.45) is 23.7 Å². The Bertz CT molecular complexity index is 489. The SMILES string of the molecule is CCCC1CCC(C2CCC(C[C@@H](C)c3ccc(Cl)cc3)CC2)CC1. The van der Waals surface area contributed by atoms with Gasteiger partial charge in [0.1, 0.15) is 0 Å². The molecule has 0 N–H and O–H groups in total. The van der Waals surface area contributed by atoms with Crippen LogP contribution in [0.15, 0.2) is 24.3 Å². The quantitative estimate of drug-likeness (QED) is 0.479. The molecule has 0 amide bonds. The minimum atomic E-state index is 0.670. The summed E-state index contributed by atoms with van der Waals surface area (Å²) >= 11 is 6.02. The molecule has 1 aromatic rings. The van der Waals surface area contributed by atoms with Crippen LogP contribution in [-0.2, 0) is 0 Å². The van der Waals surface area contributed by atoms with Gasteiger partial charge in [-0.1, -0.05) is 76.1 Å². The zero-order valence-electron chi connectivity index (χ0n) is 16.4. The fourth-order valence-corrected chi connectivity index (χ4v) is 5.81. The lowest BCUT2D eigenvalue weighted by molar-refractivity contribution is 0.139. The molecule has 1 aromatic carbocycles. The summed E-state index contributed by atoms with van der Waals surface area (Å²) in [5.41, 5.74) is 1.46. The molecule has 3 rings (SSSR count). The normalized spacial score (nSPS) is 31.6. The summed E-state index contributed by atoms with van der Waals surface area (Å²) in [4.78, 5) is 0. The Labute approximate surface area is 160 Å². The predicted octanol–water partition coefficient (Wildman–Crippen LogP) is 8.25. The molecule has 0 aliphatic heterocycles. The fourth-order valence-electron chi connectivity index (χ4n) is 5.68. The van der Waals surface area contributed by atoms with Crippen LogP contribution in [0.2, 0.25) is 5.02 Å². The van der Waals surface area contributed by atoms with Crippen molar-refractivity contribution in [1.29, 1.82) is 0 Å². The monoisotopic (exact) mass is 360 g/mol. The van der Waals surface area contributed by atoms with Crippen molar-refractivity contribution in [3.63, 3.8) is 0 Å². The Hall–Kier alpha value is -0.490. The van der Waals surface area contributed by atoms with Crippen molar-refractivity contribution < 1.29 is 0 Å². The lowest BCUT2D eigenvalue weighted by atomic mass is 9.68. The van der Waals surface area contributed by atoms with Gasteiger partial charge in [-0.25, -0.2) is 0 Å². The summed E-state index contributed by atoms with van der Waals surface area (Å²) in [6, 6.07) is 8.51. The van der Waals surface area contributed by atoms with E-state index in [-0.39, 0.29) is 0 Å². The van der Waals surface area contributed by atoms with E-state index in [9.17, 15) is 0 Å². The molecule has 25 heavy (non-hydrogen) atoms. The minimum Gasteiger partial charge on any atom is -0.0843 e. The van der Waals surface area contributed by atoms with E-state index in [0.29, 0.717) is 5.92 Å². The number of hydrogen-bond acceptors (Lipinski definition) is 0. The van der Waals surface area contributed by atoms with Gasteiger partial charge >= 0.3 is 0 Å². The van der Waals surface area contributed by atoms with E-state index in [4.69, 9.17) is 11.6 Å². The van der Waals surface area contributed by atoms with Crippen LogP contribution in [0.3, 0.4) is 0 Å². The van der Waals surface area contributed by atoms with E-state index in [1.807, 2.05) is 12.1 Å². The van der Waals surface area contributed by atoms with Gasteiger partial charge in [-0.2, -0.15) is 0 Å². The summed E-state index contributed by atoms with van der Waals surface area (Å²) in [7, 11) is 0. The van der Waals surface area contributed by atoms with Crippen molar-refractivity contribution in [1.82, 2.24) is 0 Å². The molecule has 2 fully saturated rings. The van der Waals surface area contributed by atoms with Crippen LogP contribution in [0, 0.1) is 23.7 Å². The Morgan fingerprint density at radius 3 is 1.88 bits per heavy atom. The molecule has 140 valence electrons. The van der Waals surface area contributed by atoms with E-state index in [0.717, 1.165) is 28.7 Å². The van der Waals surface area contributed by atoms with Crippen molar-refractivity contribution >= 4 is 11.6 Å². The third kappa shape index (κ3) is 5.49. The fraction of sp³-hybridized carbons (Fsp3) is 0.750. The van der Waals surface area contributed by atoms with Gasteiger partial charge in [0.25, 0.3) is 0 Å². The minimum absolute atomic E-state index is 0.670. The topological polar surface area (TPSA) is 0 Å². The maximum atomic E-state index is 6.02. The average molecular weight is 361 g/mol. The Kier molecular flexibility index (Phi) is 7.28. The molecule has 1 atom stereocenters. The second kappa shape index (κ2) is 9.45. The van der Waals surface area contributed by atoms with Crippen LogP contribution in [0.1, 0.15) is 96.0 Å². The first-order valence-corrected chi connectivity index (χ1v) is 11.3. The summed E-state index contributed by atoms with van der Waals surface area (Å²) < 4.78 is 0. The Morgan fingerprint density at radius 2 is 1.36 bits per heavy atom. The third-order valence-electron chi connectivity index (χ3n) is 7.27. The number of rotatable bonds is 6. The second-order valence-electron chi connectivity index (χ2n) is 9.04. The van der Waals surface area contributed by atoms with Crippen molar-refractivity contribution in [3.05, 3.63) is 34.9 Å². The highest BCUT2D eigenvalue weighted by Crippen LogP contribution is 2.43. The summed E-state index contributed by atoms with van der Waals surface area (Å²) in [6.45, 7) is 4.74. The van der Waals surface area contributed by atoms with Crippen LogP contribution in [-0.4, -0.2) is 0 Å². The van der Waals surface area contributed by atoms with Crippen molar-refractivity contribution in [2.45, 2.75) is 90.4 Å². The van der Waals surface area contributed by atoms with E-state index in [1.165, 1.54) is 76.2 Å². The summed E-state index contributed by atoms with van der Waals surface area (Å²) in [5, 5.41) is 0.852. The molecule has 0 nitrogen and oxygen atoms in total. The molecule has 0 radical (unpaired) electrons. The number of halogens is 1. The van der Waals surface area contributed by atoms with E-state index >= 15 is 0 Å². The van der Waals surface area contributed by atoms with Crippen LogP contribution >= 0.6 is 11.6 Å². The van der Waals surface area contributed by atoms with Crippen LogP contribution in [0.5, 0.6) is 0 Å². The lowest BCUT2D eigenvalue weighted by Crippen LogP contribution is -2.26. The van der Waals surface area contributed by atoms with Gasteiger partial charge in [0.2, 0.25) is 0 Å². The highest BCUT2D eigenvalue weighted by Gasteiger charge is 2.31. The number of benzene rings is 1. The van der Waals surface area contributed by atoms with Gasteiger partial charge in [-0.3, -0.25) is 0 Å². The first-order chi connectivity index (χ1) is 12.2. The second-order valence-corrected chi connectivity index (χ2v) is 9.48. The van der Waals surface area contributed by atoms with Crippen LogP contribution in [0.4, 0.5) is 0 Å². The highest BCUT2D eigenvalue weighted by molar-refractivity contribution is 6.30. The molecular weight excluding hydrogens is 324 g/mol. The van der Waals surface area contributed by atoms with Gasteiger partial charge in [-0.05, 0) is 79.4 Å². The molecule has 2 aliphatic carbocycles. The zero-order chi connectivity index (χ0) is 17.6. The van der Waals surface area contributed by atoms with Gasteiger partial charge in [0.15, 0.2) is 0 Å². The predicted molar refractivity (Wildman–Crippen MR) is 110 cm³/mol. The van der Waals surface area contributed by atoms with E-state index in [2.05, 4.69) is 26.0 Å². The van der Waals surface area contributed by atoms with Gasteiger partial charge in [0, 0.05) is 5.02 Å².